The van der Waals surface area contributed by atoms with Crippen molar-refractivity contribution < 1.29 is 8.42 Å². The van der Waals surface area contributed by atoms with Crippen LogP contribution in [0.25, 0.3) is 104 Å². The van der Waals surface area contributed by atoms with E-state index in [9.17, 15) is 0 Å². The van der Waals surface area contributed by atoms with Crippen molar-refractivity contribution in [1.29, 1.82) is 0 Å². The molecule has 1 aliphatic rings. The van der Waals surface area contributed by atoms with Crippen molar-refractivity contribution >= 4 is 74.7 Å². The molecular formula is C51H30N2O2S. The highest BCUT2D eigenvalue weighted by atomic mass is 32.2. The maximum absolute atomic E-state index is 15.1. The van der Waals surface area contributed by atoms with Gasteiger partial charge in [-0.1, -0.05) is 152 Å². The van der Waals surface area contributed by atoms with Crippen molar-refractivity contribution in [3.8, 4) is 39.3 Å². The van der Waals surface area contributed by atoms with Crippen LogP contribution in [0.1, 0.15) is 0 Å². The molecule has 0 N–H and O–H groups in total. The Bertz CT molecular complexity index is 3560. The van der Waals surface area contributed by atoms with Crippen LogP contribution in [0.4, 0.5) is 0 Å². The molecule has 5 heteroatoms. The van der Waals surface area contributed by atoms with Gasteiger partial charge in [-0.25, -0.2) is 13.4 Å². The van der Waals surface area contributed by atoms with Crippen molar-refractivity contribution in [1.82, 2.24) is 9.55 Å². The number of imidazole rings is 1. The van der Waals surface area contributed by atoms with Gasteiger partial charge in [0.1, 0.15) is 10.7 Å². The molecule has 0 saturated carbocycles. The third-order valence-electron chi connectivity index (χ3n) is 11.7. The minimum Gasteiger partial charge on any atom is -0.290 e. The van der Waals surface area contributed by atoms with E-state index in [1.54, 1.807) is 12.1 Å². The average Bonchev–Trinajstić information content (AvgIpc) is 3.64. The topological polar surface area (TPSA) is 52.0 Å². The zero-order chi connectivity index (χ0) is 37.1. The Balaban J connectivity index is 1.17. The monoisotopic (exact) mass is 734 g/mol. The summed E-state index contributed by atoms with van der Waals surface area (Å²) in [6, 6.07) is 62.4. The number of para-hydroxylation sites is 1. The average molecular weight is 735 g/mol. The maximum Gasteiger partial charge on any atom is 0.211 e. The number of rotatable bonds is 3. The Kier molecular flexibility index (Phi) is 6.41. The summed E-state index contributed by atoms with van der Waals surface area (Å²) in [7, 11) is -4.00. The van der Waals surface area contributed by atoms with Crippen LogP contribution in [-0.4, -0.2) is 18.0 Å². The lowest BCUT2D eigenvalue weighted by atomic mass is 9.85. The third-order valence-corrected chi connectivity index (χ3v) is 13.6. The molecular weight excluding hydrogens is 705 g/mol. The minimum atomic E-state index is -4.00. The van der Waals surface area contributed by atoms with E-state index < -0.39 is 9.84 Å². The molecule has 10 aromatic carbocycles. The number of aromatic nitrogens is 2. The van der Waals surface area contributed by atoms with E-state index in [0.717, 1.165) is 54.6 Å². The predicted molar refractivity (Wildman–Crippen MR) is 230 cm³/mol. The van der Waals surface area contributed by atoms with Crippen molar-refractivity contribution in [3.05, 3.63) is 182 Å². The molecule has 0 bridgehead atoms. The molecule has 0 fully saturated rings. The molecule has 1 aromatic heterocycles. The van der Waals surface area contributed by atoms with Gasteiger partial charge in [0.2, 0.25) is 9.84 Å². The zero-order valence-corrected chi connectivity index (χ0v) is 30.8. The van der Waals surface area contributed by atoms with Crippen LogP contribution in [0.3, 0.4) is 0 Å². The van der Waals surface area contributed by atoms with Gasteiger partial charge >= 0.3 is 0 Å². The Labute approximate surface area is 322 Å². The summed E-state index contributed by atoms with van der Waals surface area (Å²) in [5.41, 5.74) is 6.59. The van der Waals surface area contributed by atoms with Crippen LogP contribution >= 0.6 is 0 Å². The van der Waals surface area contributed by atoms with E-state index in [0.29, 0.717) is 33.0 Å². The molecule has 2 heterocycles. The molecule has 11 aromatic rings. The van der Waals surface area contributed by atoms with Crippen LogP contribution in [0.5, 0.6) is 0 Å². The van der Waals surface area contributed by atoms with Crippen molar-refractivity contribution in [2.24, 2.45) is 0 Å². The molecule has 4 nitrogen and oxygen atoms in total. The van der Waals surface area contributed by atoms with Gasteiger partial charge in [0, 0.05) is 11.1 Å². The van der Waals surface area contributed by atoms with Gasteiger partial charge in [-0.2, -0.15) is 0 Å². The van der Waals surface area contributed by atoms with Gasteiger partial charge < -0.3 is 0 Å². The van der Waals surface area contributed by atoms with Gasteiger partial charge in [-0.3, -0.25) is 4.57 Å². The molecule has 0 amide bonds. The molecule has 0 atom stereocenters. The van der Waals surface area contributed by atoms with Gasteiger partial charge in [-0.15, -0.1) is 0 Å². The maximum atomic E-state index is 15.1. The van der Waals surface area contributed by atoms with Crippen LogP contribution in [-0.2, 0) is 9.84 Å². The van der Waals surface area contributed by atoms with E-state index in [-0.39, 0.29) is 4.90 Å². The lowest BCUT2D eigenvalue weighted by Crippen LogP contribution is -2.16. The summed E-state index contributed by atoms with van der Waals surface area (Å²) in [6.07, 6.45) is 0. The number of fused-ring (bicyclic) bond motifs is 8. The number of benzene rings is 10. The van der Waals surface area contributed by atoms with Crippen LogP contribution < -0.4 is 0 Å². The van der Waals surface area contributed by atoms with Crippen molar-refractivity contribution in [2.45, 2.75) is 9.79 Å². The van der Waals surface area contributed by atoms with Crippen molar-refractivity contribution in [3.63, 3.8) is 0 Å². The SMILES string of the molecule is O=S1(=O)c2c(-c3c4ccccc4c(-c4ccc5ccc6ccccc6c5c4)c4ccccc34)cccc2-n2c(-c3ccc4ccccc4c3)nc3cccc1c32. The van der Waals surface area contributed by atoms with Crippen LogP contribution in [0.15, 0.2) is 192 Å². The predicted octanol–water partition coefficient (Wildman–Crippen LogP) is 12.9. The number of sulfone groups is 1. The smallest absolute Gasteiger partial charge is 0.211 e. The van der Waals surface area contributed by atoms with E-state index in [1.165, 1.54) is 21.5 Å². The highest BCUT2D eigenvalue weighted by Gasteiger charge is 2.36. The van der Waals surface area contributed by atoms with Gasteiger partial charge in [0.15, 0.2) is 0 Å². The first-order valence-electron chi connectivity index (χ1n) is 18.8. The molecule has 12 rings (SSSR count). The highest BCUT2D eigenvalue weighted by Crippen LogP contribution is 2.50. The second-order valence-electron chi connectivity index (χ2n) is 14.7. The standard InChI is InChI=1S/C51H30N2O2S/c54-56(55)46-22-10-20-44-49(46)53(51(52-44)36-28-23-31-11-1-2-13-34(31)29-36)45-21-9-19-42(50(45)56)48-40-17-7-5-15-38(40)47(39-16-6-8-18-41(39)48)35-27-26-33-25-24-32-12-3-4-14-37(32)43(33)30-35/h1-30H. The zero-order valence-electron chi connectivity index (χ0n) is 29.9. The van der Waals surface area contributed by atoms with Gasteiger partial charge in [0.25, 0.3) is 0 Å². The lowest BCUT2D eigenvalue weighted by molar-refractivity contribution is 0.595. The van der Waals surface area contributed by atoms with Crippen molar-refractivity contribution in [2.75, 3.05) is 0 Å². The van der Waals surface area contributed by atoms with Crippen LogP contribution in [0.2, 0.25) is 0 Å². The van der Waals surface area contributed by atoms with E-state index in [2.05, 4.69) is 138 Å². The molecule has 0 spiro atoms. The Morgan fingerprint density at radius 1 is 0.429 bits per heavy atom. The van der Waals surface area contributed by atoms with Crippen LogP contribution in [0, 0.1) is 0 Å². The van der Waals surface area contributed by atoms with E-state index >= 15 is 8.42 Å². The number of hydrogen-bond donors (Lipinski definition) is 0. The minimum absolute atomic E-state index is 0.267. The quantitative estimate of drug-likeness (QED) is 0.134. The molecule has 1 aliphatic heterocycles. The molecule has 262 valence electrons. The first kappa shape index (κ1) is 31.3. The third kappa shape index (κ3) is 4.29. The van der Waals surface area contributed by atoms with E-state index in [4.69, 9.17) is 4.98 Å². The summed E-state index contributed by atoms with van der Waals surface area (Å²) in [6.45, 7) is 0. The summed E-state index contributed by atoms with van der Waals surface area (Å²) in [5, 5.41) is 11.2. The second-order valence-corrected chi connectivity index (χ2v) is 16.5. The normalized spacial score (nSPS) is 13.3. The fraction of sp³-hybridized carbons (Fsp3) is 0. The molecule has 0 saturated heterocycles. The Hall–Kier alpha value is -7.08. The Morgan fingerprint density at radius 3 is 1.75 bits per heavy atom. The van der Waals surface area contributed by atoms with E-state index in [1.807, 2.05) is 36.4 Å². The first-order valence-corrected chi connectivity index (χ1v) is 20.3. The number of hydrogen-bond acceptors (Lipinski definition) is 3. The fourth-order valence-corrected chi connectivity index (χ4v) is 11.1. The van der Waals surface area contributed by atoms with Gasteiger partial charge in [-0.05, 0) is 101 Å². The molecule has 0 unspecified atom stereocenters. The largest absolute Gasteiger partial charge is 0.290 e. The summed E-state index contributed by atoms with van der Waals surface area (Å²) < 4.78 is 32.4. The summed E-state index contributed by atoms with van der Waals surface area (Å²) in [4.78, 5) is 5.67. The van der Waals surface area contributed by atoms with Gasteiger partial charge in [0.05, 0.1) is 21.6 Å². The molecule has 0 radical (unpaired) electrons. The fourth-order valence-electron chi connectivity index (χ4n) is 9.25. The second kappa shape index (κ2) is 11.5. The molecule has 0 aliphatic carbocycles. The first-order chi connectivity index (χ1) is 27.5. The molecule has 56 heavy (non-hydrogen) atoms. The number of nitrogens with zero attached hydrogens (tertiary/aromatic N) is 2. The Morgan fingerprint density at radius 2 is 1.00 bits per heavy atom. The summed E-state index contributed by atoms with van der Waals surface area (Å²) in [5.74, 6) is 0.709. The highest BCUT2D eigenvalue weighted by molar-refractivity contribution is 7.92. The lowest BCUT2D eigenvalue weighted by Gasteiger charge is -2.25. The summed E-state index contributed by atoms with van der Waals surface area (Å²) >= 11 is 0.